The van der Waals surface area contributed by atoms with Crippen molar-refractivity contribution in [2.45, 2.75) is 39.7 Å². The van der Waals surface area contributed by atoms with E-state index in [1.165, 1.54) is 5.56 Å². The average molecular weight is 367 g/mol. The zero-order valence-electron chi connectivity index (χ0n) is 16.6. The van der Waals surface area contributed by atoms with Crippen molar-refractivity contribution in [2.75, 3.05) is 24.2 Å². The van der Waals surface area contributed by atoms with E-state index in [9.17, 15) is 9.59 Å². The zero-order chi connectivity index (χ0) is 19.8. The number of rotatable bonds is 8. The Morgan fingerprint density at radius 2 is 1.63 bits per heavy atom. The molecule has 144 valence electrons. The molecule has 5 nitrogen and oxygen atoms in total. The minimum atomic E-state index is -0.428. The number of carbonyl (C=O) groups excluding carboxylic acids is 2. The summed E-state index contributed by atoms with van der Waals surface area (Å²) in [6.07, 6.45) is 1.81. The molecule has 1 unspecified atom stereocenters. The largest absolute Gasteiger partial charge is 0.325 e. The van der Waals surface area contributed by atoms with E-state index in [-0.39, 0.29) is 18.4 Å². The van der Waals surface area contributed by atoms with E-state index in [2.05, 4.69) is 24.5 Å². The highest BCUT2D eigenvalue weighted by Crippen LogP contribution is 2.15. The summed E-state index contributed by atoms with van der Waals surface area (Å²) >= 11 is 0. The number of para-hydroxylation sites is 1. The molecule has 2 aromatic rings. The smallest absolute Gasteiger partial charge is 0.241 e. The van der Waals surface area contributed by atoms with Crippen molar-refractivity contribution in [3.8, 4) is 0 Å². The Kier molecular flexibility index (Phi) is 7.55. The van der Waals surface area contributed by atoms with Crippen molar-refractivity contribution in [1.29, 1.82) is 0 Å². The van der Waals surface area contributed by atoms with E-state index in [1.807, 2.05) is 48.5 Å². The lowest BCUT2D eigenvalue weighted by molar-refractivity contribution is -0.122. The molecule has 2 amide bonds. The summed E-state index contributed by atoms with van der Waals surface area (Å²) in [6.45, 7) is 6.08. The minimum Gasteiger partial charge on any atom is -0.325 e. The maximum absolute atomic E-state index is 12.5. The summed E-state index contributed by atoms with van der Waals surface area (Å²) in [5.41, 5.74) is 3.90. The summed E-state index contributed by atoms with van der Waals surface area (Å²) in [7, 11) is 1.77. The standard InChI is InChI=1S/C22H29N3O2/c1-5-17-11-13-19(14-12-17)23-22(27)16(3)25(4)15-21(26)24-20-10-8-7-9-18(20)6-2/h7-14,16H,5-6,15H2,1-4H3,(H,23,27)(H,24,26). The molecule has 2 aromatic carbocycles. The molecule has 0 spiro atoms. The maximum atomic E-state index is 12.5. The van der Waals surface area contributed by atoms with Gasteiger partial charge in [0.25, 0.3) is 0 Å². The number of hydrogen-bond acceptors (Lipinski definition) is 3. The van der Waals surface area contributed by atoms with Gasteiger partial charge in [0, 0.05) is 11.4 Å². The summed E-state index contributed by atoms with van der Waals surface area (Å²) < 4.78 is 0. The van der Waals surface area contributed by atoms with E-state index in [0.29, 0.717) is 0 Å². The fourth-order valence-electron chi connectivity index (χ4n) is 2.77. The van der Waals surface area contributed by atoms with Crippen LogP contribution in [-0.4, -0.2) is 36.3 Å². The molecule has 0 heterocycles. The van der Waals surface area contributed by atoms with Crippen LogP contribution in [0.3, 0.4) is 0 Å². The Labute approximate surface area is 161 Å². The van der Waals surface area contributed by atoms with Gasteiger partial charge in [-0.2, -0.15) is 0 Å². The summed E-state index contributed by atoms with van der Waals surface area (Å²) in [4.78, 5) is 26.6. The van der Waals surface area contributed by atoms with Crippen LogP contribution in [0.2, 0.25) is 0 Å². The molecule has 0 bridgehead atoms. The SMILES string of the molecule is CCc1ccc(NC(=O)C(C)N(C)CC(=O)Nc2ccccc2CC)cc1. The number of benzene rings is 2. The first-order chi connectivity index (χ1) is 12.9. The van der Waals surface area contributed by atoms with Gasteiger partial charge in [-0.05, 0) is 56.1 Å². The Morgan fingerprint density at radius 3 is 2.26 bits per heavy atom. The fraction of sp³-hybridized carbons (Fsp3) is 0.364. The molecule has 0 aliphatic rings. The van der Waals surface area contributed by atoms with Gasteiger partial charge < -0.3 is 10.6 Å². The predicted octanol–water partition coefficient (Wildman–Crippen LogP) is 3.71. The third kappa shape index (κ3) is 5.93. The molecule has 5 heteroatoms. The van der Waals surface area contributed by atoms with Crippen molar-refractivity contribution in [2.24, 2.45) is 0 Å². The number of hydrogen-bond donors (Lipinski definition) is 2. The van der Waals surface area contributed by atoms with Gasteiger partial charge in [-0.25, -0.2) is 0 Å². The van der Waals surface area contributed by atoms with Gasteiger partial charge in [0.1, 0.15) is 0 Å². The summed E-state index contributed by atoms with van der Waals surface area (Å²) in [5.74, 6) is -0.270. The van der Waals surface area contributed by atoms with E-state index in [4.69, 9.17) is 0 Å². The molecule has 0 fully saturated rings. The number of nitrogens with zero attached hydrogens (tertiary/aromatic N) is 1. The average Bonchev–Trinajstić information content (AvgIpc) is 2.68. The lowest BCUT2D eigenvalue weighted by atomic mass is 10.1. The van der Waals surface area contributed by atoms with Crippen molar-refractivity contribution >= 4 is 23.2 Å². The first-order valence-electron chi connectivity index (χ1n) is 9.42. The van der Waals surface area contributed by atoms with Crippen LogP contribution in [0.25, 0.3) is 0 Å². The first-order valence-corrected chi connectivity index (χ1v) is 9.42. The highest BCUT2D eigenvalue weighted by molar-refractivity contribution is 5.96. The molecular formula is C22H29N3O2. The van der Waals surface area contributed by atoms with Crippen molar-refractivity contribution < 1.29 is 9.59 Å². The topological polar surface area (TPSA) is 61.4 Å². The second-order valence-corrected chi connectivity index (χ2v) is 6.69. The van der Waals surface area contributed by atoms with Crippen LogP contribution >= 0.6 is 0 Å². The van der Waals surface area contributed by atoms with Gasteiger partial charge in [0.05, 0.1) is 12.6 Å². The van der Waals surface area contributed by atoms with Crippen LogP contribution < -0.4 is 10.6 Å². The highest BCUT2D eigenvalue weighted by Gasteiger charge is 2.20. The molecule has 0 saturated carbocycles. The lowest BCUT2D eigenvalue weighted by Crippen LogP contribution is -2.43. The fourth-order valence-corrected chi connectivity index (χ4v) is 2.77. The van der Waals surface area contributed by atoms with Gasteiger partial charge in [0.2, 0.25) is 11.8 Å². The molecule has 0 saturated heterocycles. The van der Waals surface area contributed by atoms with Gasteiger partial charge in [-0.15, -0.1) is 0 Å². The van der Waals surface area contributed by atoms with Gasteiger partial charge in [0.15, 0.2) is 0 Å². The zero-order valence-corrected chi connectivity index (χ0v) is 16.6. The molecule has 2 N–H and O–H groups in total. The Hall–Kier alpha value is -2.66. The molecule has 0 aliphatic carbocycles. The molecule has 27 heavy (non-hydrogen) atoms. The van der Waals surface area contributed by atoms with Crippen LogP contribution in [-0.2, 0) is 22.4 Å². The second-order valence-electron chi connectivity index (χ2n) is 6.69. The predicted molar refractivity (Wildman–Crippen MR) is 111 cm³/mol. The third-order valence-electron chi connectivity index (χ3n) is 4.74. The molecule has 1 atom stereocenters. The van der Waals surface area contributed by atoms with Crippen molar-refractivity contribution in [3.05, 3.63) is 59.7 Å². The number of aryl methyl sites for hydroxylation is 2. The van der Waals surface area contributed by atoms with Crippen LogP contribution in [0, 0.1) is 0 Å². The van der Waals surface area contributed by atoms with E-state index < -0.39 is 6.04 Å². The monoisotopic (exact) mass is 367 g/mol. The quantitative estimate of drug-likeness (QED) is 0.748. The molecular weight excluding hydrogens is 338 g/mol. The van der Waals surface area contributed by atoms with E-state index in [0.717, 1.165) is 29.8 Å². The van der Waals surface area contributed by atoms with E-state index >= 15 is 0 Å². The Morgan fingerprint density at radius 1 is 0.963 bits per heavy atom. The van der Waals surface area contributed by atoms with E-state index in [1.54, 1.807) is 18.9 Å². The van der Waals surface area contributed by atoms with Crippen LogP contribution in [0.15, 0.2) is 48.5 Å². The van der Waals surface area contributed by atoms with Crippen LogP contribution in [0.4, 0.5) is 11.4 Å². The van der Waals surface area contributed by atoms with Crippen LogP contribution in [0.5, 0.6) is 0 Å². The third-order valence-corrected chi connectivity index (χ3v) is 4.74. The van der Waals surface area contributed by atoms with Gasteiger partial charge >= 0.3 is 0 Å². The number of likely N-dealkylation sites (N-methyl/N-ethyl adjacent to an activating group) is 1. The maximum Gasteiger partial charge on any atom is 0.241 e. The van der Waals surface area contributed by atoms with Gasteiger partial charge in [-0.3, -0.25) is 14.5 Å². The highest BCUT2D eigenvalue weighted by atomic mass is 16.2. The summed E-state index contributed by atoms with van der Waals surface area (Å²) in [6, 6.07) is 15.1. The molecule has 0 aliphatic heterocycles. The second kappa shape index (κ2) is 9.88. The Bertz CT molecular complexity index is 771. The first kappa shape index (κ1) is 20.6. The number of carbonyl (C=O) groups is 2. The molecule has 2 rings (SSSR count). The number of amides is 2. The lowest BCUT2D eigenvalue weighted by Gasteiger charge is -2.23. The molecule has 0 radical (unpaired) electrons. The summed E-state index contributed by atoms with van der Waals surface area (Å²) in [5, 5.41) is 5.84. The van der Waals surface area contributed by atoms with Crippen molar-refractivity contribution in [3.63, 3.8) is 0 Å². The van der Waals surface area contributed by atoms with Gasteiger partial charge in [-0.1, -0.05) is 44.2 Å². The Balaban J connectivity index is 1.90. The number of nitrogens with one attached hydrogen (secondary N) is 2. The van der Waals surface area contributed by atoms with Crippen molar-refractivity contribution in [1.82, 2.24) is 4.90 Å². The van der Waals surface area contributed by atoms with Crippen LogP contribution in [0.1, 0.15) is 31.9 Å². The molecule has 0 aromatic heterocycles. The number of anilines is 2. The normalized spacial score (nSPS) is 11.9. The minimum absolute atomic E-state index is 0.134.